The van der Waals surface area contributed by atoms with E-state index in [-0.39, 0.29) is 29.1 Å². The molecule has 5 rings (SSSR count). The number of amides is 2. The first-order chi connectivity index (χ1) is 19.6. The average Bonchev–Trinajstić information content (AvgIpc) is 3.70. The lowest BCUT2D eigenvalue weighted by atomic mass is 10.1. The van der Waals surface area contributed by atoms with Crippen molar-refractivity contribution in [3.63, 3.8) is 0 Å². The summed E-state index contributed by atoms with van der Waals surface area (Å²) in [5.74, 6) is 0.822. The fraction of sp³-hybridized carbons (Fsp3) is 0.467. The number of benzene rings is 2. The van der Waals surface area contributed by atoms with E-state index in [4.69, 9.17) is 9.26 Å². The first-order valence-electron chi connectivity index (χ1n) is 14.2. The maximum Gasteiger partial charge on any atom is 0.258 e. The van der Waals surface area contributed by atoms with E-state index in [1.807, 2.05) is 35.2 Å². The number of hydrogen-bond donors (Lipinski definition) is 1. The quantitative estimate of drug-likeness (QED) is 0.359. The normalized spacial score (nSPS) is 16.3. The Bertz CT molecular complexity index is 1270. The number of nitrogens with one attached hydrogen (secondary N) is 1. The van der Waals surface area contributed by atoms with Crippen LogP contribution in [0.5, 0.6) is 5.75 Å². The average molecular weight is 550 g/mol. The van der Waals surface area contributed by atoms with Gasteiger partial charge in [-0.05, 0) is 43.5 Å². The van der Waals surface area contributed by atoms with Crippen LogP contribution in [-0.4, -0.2) is 77.6 Å². The summed E-state index contributed by atoms with van der Waals surface area (Å²) >= 11 is 0. The second-order valence-electron chi connectivity index (χ2n) is 10.4. The van der Waals surface area contributed by atoms with Gasteiger partial charge in [0.15, 0.2) is 0 Å². The summed E-state index contributed by atoms with van der Waals surface area (Å²) in [6.45, 7) is 4.69. The number of rotatable bonds is 11. The van der Waals surface area contributed by atoms with Gasteiger partial charge in [-0.1, -0.05) is 36.2 Å². The molecule has 1 aliphatic heterocycles. The lowest BCUT2D eigenvalue weighted by Crippen LogP contribution is -2.49. The van der Waals surface area contributed by atoms with E-state index in [2.05, 4.69) is 20.4 Å². The van der Waals surface area contributed by atoms with Crippen LogP contribution in [0.25, 0.3) is 22.8 Å². The molecule has 212 valence electrons. The number of hydrogen-bond acceptors (Lipinski definition) is 7. The molecule has 1 aliphatic carbocycles. The molecule has 9 nitrogen and oxygen atoms in total. The van der Waals surface area contributed by atoms with E-state index >= 15 is 0 Å². The van der Waals surface area contributed by atoms with Gasteiger partial charge in [0, 0.05) is 63.2 Å². The molecule has 0 atom stereocenters. The van der Waals surface area contributed by atoms with Gasteiger partial charge < -0.3 is 19.5 Å². The molecule has 1 saturated carbocycles. The Hall–Kier alpha value is -3.79. The summed E-state index contributed by atoms with van der Waals surface area (Å²) in [6, 6.07) is 14.0. The van der Waals surface area contributed by atoms with E-state index in [9.17, 15) is 14.0 Å². The topological polar surface area (TPSA) is 101 Å². The SMILES string of the molecule is O=C(NCCC(=O)N1CCN(CCCOc2ccc(-c3noc(-c4ccccc4)n3)c(F)c2)CC1)C1CCCC1. The highest BCUT2D eigenvalue weighted by Gasteiger charge is 2.24. The molecule has 2 fully saturated rings. The van der Waals surface area contributed by atoms with Gasteiger partial charge in [0.1, 0.15) is 11.6 Å². The Kier molecular flexibility index (Phi) is 9.38. The third-order valence-corrected chi connectivity index (χ3v) is 7.60. The Labute approximate surface area is 233 Å². The Balaban J connectivity index is 0.985. The largest absolute Gasteiger partial charge is 0.493 e. The highest BCUT2D eigenvalue weighted by atomic mass is 19.1. The fourth-order valence-electron chi connectivity index (χ4n) is 5.28. The summed E-state index contributed by atoms with van der Waals surface area (Å²) in [4.78, 5) is 33.1. The first kappa shape index (κ1) is 27.8. The molecule has 1 saturated heterocycles. The third-order valence-electron chi connectivity index (χ3n) is 7.60. The summed E-state index contributed by atoms with van der Waals surface area (Å²) in [7, 11) is 0. The molecule has 0 radical (unpaired) electrons. The van der Waals surface area contributed by atoms with Crippen LogP contribution in [0.2, 0.25) is 0 Å². The number of piperazine rings is 1. The lowest BCUT2D eigenvalue weighted by molar-refractivity contribution is -0.133. The van der Waals surface area contributed by atoms with Gasteiger partial charge in [0.05, 0.1) is 12.2 Å². The number of aromatic nitrogens is 2. The van der Waals surface area contributed by atoms with E-state index in [0.29, 0.717) is 44.3 Å². The zero-order valence-corrected chi connectivity index (χ0v) is 22.7. The van der Waals surface area contributed by atoms with Crippen LogP contribution in [0.3, 0.4) is 0 Å². The van der Waals surface area contributed by atoms with E-state index in [1.165, 1.54) is 6.07 Å². The van der Waals surface area contributed by atoms with Gasteiger partial charge >= 0.3 is 0 Å². The van der Waals surface area contributed by atoms with Crippen molar-refractivity contribution in [3.8, 4) is 28.6 Å². The van der Waals surface area contributed by atoms with Crippen molar-refractivity contribution < 1.29 is 23.2 Å². The van der Waals surface area contributed by atoms with Crippen LogP contribution in [0.1, 0.15) is 38.5 Å². The Morgan fingerprint density at radius 1 is 1.05 bits per heavy atom. The Morgan fingerprint density at radius 3 is 2.58 bits per heavy atom. The lowest BCUT2D eigenvalue weighted by Gasteiger charge is -2.34. The van der Waals surface area contributed by atoms with Crippen LogP contribution in [0, 0.1) is 11.7 Å². The van der Waals surface area contributed by atoms with Crippen molar-refractivity contribution in [2.45, 2.75) is 38.5 Å². The van der Waals surface area contributed by atoms with E-state index < -0.39 is 5.82 Å². The molecule has 1 aromatic heterocycles. The molecule has 0 unspecified atom stereocenters. The number of carbonyl (C=O) groups is 2. The van der Waals surface area contributed by atoms with Gasteiger partial charge in [-0.3, -0.25) is 14.5 Å². The maximum atomic E-state index is 14.8. The van der Waals surface area contributed by atoms with Gasteiger partial charge in [-0.25, -0.2) is 4.39 Å². The van der Waals surface area contributed by atoms with Crippen molar-refractivity contribution in [2.75, 3.05) is 45.9 Å². The first-order valence-corrected chi connectivity index (χ1v) is 14.2. The molecular weight excluding hydrogens is 513 g/mol. The van der Waals surface area contributed by atoms with Crippen molar-refractivity contribution in [1.82, 2.24) is 25.3 Å². The molecule has 0 spiro atoms. The number of halogens is 1. The van der Waals surface area contributed by atoms with Crippen molar-refractivity contribution >= 4 is 11.8 Å². The molecule has 2 amide bonds. The molecule has 1 N–H and O–H groups in total. The molecule has 2 heterocycles. The van der Waals surface area contributed by atoms with E-state index in [1.54, 1.807) is 12.1 Å². The van der Waals surface area contributed by atoms with Crippen LogP contribution in [-0.2, 0) is 9.59 Å². The monoisotopic (exact) mass is 549 g/mol. The summed E-state index contributed by atoms with van der Waals surface area (Å²) in [5, 5.41) is 6.85. The number of ether oxygens (including phenoxy) is 1. The fourth-order valence-corrected chi connectivity index (χ4v) is 5.28. The van der Waals surface area contributed by atoms with Gasteiger partial charge in [-0.2, -0.15) is 4.98 Å². The van der Waals surface area contributed by atoms with Crippen LogP contribution < -0.4 is 10.1 Å². The molecule has 2 aromatic carbocycles. The zero-order valence-electron chi connectivity index (χ0n) is 22.7. The highest BCUT2D eigenvalue weighted by Crippen LogP contribution is 2.27. The summed E-state index contributed by atoms with van der Waals surface area (Å²) < 4.78 is 25.8. The van der Waals surface area contributed by atoms with Gasteiger partial charge in [0.2, 0.25) is 17.6 Å². The van der Waals surface area contributed by atoms with Crippen molar-refractivity contribution in [1.29, 1.82) is 0 Å². The molecular formula is C30H36FN5O4. The summed E-state index contributed by atoms with van der Waals surface area (Å²) in [6.07, 6.45) is 5.32. The minimum absolute atomic E-state index is 0.0947. The van der Waals surface area contributed by atoms with E-state index in [0.717, 1.165) is 57.3 Å². The predicted molar refractivity (Wildman–Crippen MR) is 148 cm³/mol. The minimum atomic E-state index is -0.475. The van der Waals surface area contributed by atoms with Crippen LogP contribution in [0.4, 0.5) is 4.39 Å². The van der Waals surface area contributed by atoms with Crippen LogP contribution in [0.15, 0.2) is 53.1 Å². The predicted octanol–water partition coefficient (Wildman–Crippen LogP) is 4.15. The second-order valence-corrected chi connectivity index (χ2v) is 10.4. The molecule has 10 heteroatoms. The smallest absolute Gasteiger partial charge is 0.258 e. The maximum absolute atomic E-state index is 14.8. The van der Waals surface area contributed by atoms with Crippen LogP contribution >= 0.6 is 0 Å². The third kappa shape index (κ3) is 7.24. The Morgan fingerprint density at radius 2 is 1.82 bits per heavy atom. The highest BCUT2D eigenvalue weighted by molar-refractivity contribution is 5.80. The van der Waals surface area contributed by atoms with Crippen molar-refractivity contribution in [2.24, 2.45) is 5.92 Å². The van der Waals surface area contributed by atoms with Crippen molar-refractivity contribution in [3.05, 3.63) is 54.3 Å². The molecule has 40 heavy (non-hydrogen) atoms. The molecule has 2 aliphatic rings. The van der Waals surface area contributed by atoms with Gasteiger partial charge in [-0.15, -0.1) is 0 Å². The molecule has 0 bridgehead atoms. The number of nitrogens with zero attached hydrogens (tertiary/aromatic N) is 4. The standard InChI is InChI=1S/C30H36FN5O4/c31-26-21-24(11-12-25(26)28-33-30(40-34-28)23-9-2-1-3-10-23)39-20-6-15-35-16-18-36(19-17-35)27(37)13-14-32-29(38)22-7-4-5-8-22/h1-3,9-12,21-22H,4-8,13-20H2,(H,32,38). The number of carbonyl (C=O) groups excluding carboxylic acids is 2. The molecule has 3 aromatic rings. The minimum Gasteiger partial charge on any atom is -0.493 e. The summed E-state index contributed by atoms with van der Waals surface area (Å²) in [5.41, 5.74) is 1.02. The van der Waals surface area contributed by atoms with Gasteiger partial charge in [0.25, 0.3) is 5.89 Å². The second kappa shape index (κ2) is 13.5. The zero-order chi connectivity index (χ0) is 27.7.